The van der Waals surface area contributed by atoms with Crippen LogP contribution < -0.4 is 5.32 Å². The van der Waals surface area contributed by atoms with E-state index >= 15 is 0 Å². The predicted molar refractivity (Wildman–Crippen MR) is 91.5 cm³/mol. The molecule has 2 aromatic carbocycles. The van der Waals surface area contributed by atoms with Gasteiger partial charge in [-0.3, -0.25) is 4.79 Å². The number of nitrogens with zero attached hydrogens (tertiary/aromatic N) is 1. The van der Waals surface area contributed by atoms with Crippen molar-refractivity contribution in [2.75, 3.05) is 11.1 Å². The molecule has 0 atom stereocenters. The van der Waals surface area contributed by atoms with Gasteiger partial charge in [0.2, 0.25) is 11.8 Å². The first-order chi connectivity index (χ1) is 11.4. The van der Waals surface area contributed by atoms with Gasteiger partial charge in [0, 0.05) is 6.92 Å². The van der Waals surface area contributed by atoms with Crippen LogP contribution in [0.3, 0.4) is 0 Å². The number of carbonyl (C=O) groups excluding carboxylic acids is 1. The molecule has 0 aliphatic heterocycles. The minimum absolute atomic E-state index is 0.0224. The Bertz CT molecular complexity index is 1020. The molecule has 0 radical (unpaired) electrons. The molecule has 7 heteroatoms. The Kier molecular flexibility index (Phi) is 4.11. The molecule has 1 N–H and O–H groups in total. The number of aromatic nitrogens is 1. The van der Waals surface area contributed by atoms with Gasteiger partial charge < -0.3 is 9.73 Å². The second-order valence-corrected chi connectivity index (χ2v) is 7.56. The standard InChI is InChI=1S/C17H16N2O4S/c1-3-24(21,22)12-8-9-16-15(10-12)19-17(23-16)13-6-4-5-7-14(13)18-11(2)20/h4-10H,3H2,1-2H3,(H,18,20). The molecule has 24 heavy (non-hydrogen) atoms. The van der Waals surface area contributed by atoms with Crippen LogP contribution in [-0.2, 0) is 14.6 Å². The second kappa shape index (κ2) is 6.09. The average Bonchev–Trinajstić information content (AvgIpc) is 2.97. The largest absolute Gasteiger partial charge is 0.436 e. The lowest BCUT2D eigenvalue weighted by atomic mass is 10.2. The maximum atomic E-state index is 12.0. The molecule has 6 nitrogen and oxygen atoms in total. The topological polar surface area (TPSA) is 89.3 Å². The fourth-order valence-corrected chi connectivity index (χ4v) is 3.25. The molecule has 3 aromatic rings. The maximum absolute atomic E-state index is 12.0. The van der Waals surface area contributed by atoms with Gasteiger partial charge in [0.15, 0.2) is 15.4 Å². The summed E-state index contributed by atoms with van der Waals surface area (Å²) in [7, 11) is -3.31. The summed E-state index contributed by atoms with van der Waals surface area (Å²) < 4.78 is 29.7. The summed E-state index contributed by atoms with van der Waals surface area (Å²) in [5.41, 5.74) is 2.15. The van der Waals surface area contributed by atoms with Crippen LogP contribution in [-0.4, -0.2) is 25.1 Å². The van der Waals surface area contributed by atoms with Crippen molar-refractivity contribution in [1.29, 1.82) is 0 Å². The summed E-state index contributed by atoms with van der Waals surface area (Å²) >= 11 is 0. The van der Waals surface area contributed by atoms with Crippen molar-refractivity contribution >= 4 is 32.5 Å². The number of sulfone groups is 1. The molecule has 0 unspecified atom stereocenters. The normalized spacial score (nSPS) is 11.6. The summed E-state index contributed by atoms with van der Waals surface area (Å²) in [6.07, 6.45) is 0. The van der Waals surface area contributed by atoms with Crippen molar-refractivity contribution in [3.05, 3.63) is 42.5 Å². The molecular formula is C17H16N2O4S. The van der Waals surface area contributed by atoms with Crippen LogP contribution >= 0.6 is 0 Å². The lowest BCUT2D eigenvalue weighted by Crippen LogP contribution is -2.06. The van der Waals surface area contributed by atoms with Crippen molar-refractivity contribution in [2.45, 2.75) is 18.7 Å². The summed E-state index contributed by atoms with van der Waals surface area (Å²) in [4.78, 5) is 15.9. The van der Waals surface area contributed by atoms with E-state index in [1.54, 1.807) is 31.2 Å². The van der Waals surface area contributed by atoms with Gasteiger partial charge in [0.1, 0.15) is 5.52 Å². The van der Waals surface area contributed by atoms with Crippen LogP contribution in [0.5, 0.6) is 0 Å². The van der Waals surface area contributed by atoms with Gasteiger partial charge in [-0.25, -0.2) is 13.4 Å². The summed E-state index contributed by atoms with van der Waals surface area (Å²) in [5, 5.41) is 2.73. The summed E-state index contributed by atoms with van der Waals surface area (Å²) in [6.45, 7) is 3.02. The number of oxazole rings is 1. The van der Waals surface area contributed by atoms with Crippen LogP contribution in [0.4, 0.5) is 5.69 Å². The third-order valence-corrected chi connectivity index (χ3v) is 5.30. The fourth-order valence-electron chi connectivity index (χ4n) is 2.35. The third kappa shape index (κ3) is 3.03. The number of anilines is 1. The Morgan fingerprint density at radius 2 is 1.96 bits per heavy atom. The molecule has 0 saturated carbocycles. The zero-order chi connectivity index (χ0) is 17.3. The van der Waals surface area contributed by atoms with Crippen LogP contribution in [0, 0.1) is 0 Å². The first-order valence-electron chi connectivity index (χ1n) is 7.41. The smallest absolute Gasteiger partial charge is 0.229 e. The van der Waals surface area contributed by atoms with Gasteiger partial charge in [-0.15, -0.1) is 0 Å². The maximum Gasteiger partial charge on any atom is 0.229 e. The molecule has 0 spiro atoms. The Balaban J connectivity index is 2.11. The minimum atomic E-state index is -3.31. The number of nitrogens with one attached hydrogen (secondary N) is 1. The number of rotatable bonds is 4. The zero-order valence-corrected chi connectivity index (χ0v) is 14.1. The zero-order valence-electron chi connectivity index (χ0n) is 13.2. The third-order valence-electron chi connectivity index (χ3n) is 3.57. The molecule has 0 saturated heterocycles. The Morgan fingerprint density at radius 1 is 1.21 bits per heavy atom. The molecule has 3 rings (SSSR count). The highest BCUT2D eigenvalue weighted by atomic mass is 32.2. The van der Waals surface area contributed by atoms with Gasteiger partial charge in [0.25, 0.3) is 0 Å². The van der Waals surface area contributed by atoms with Crippen molar-refractivity contribution in [3.8, 4) is 11.5 Å². The number of fused-ring (bicyclic) bond motifs is 1. The number of benzene rings is 2. The van der Waals surface area contributed by atoms with E-state index in [9.17, 15) is 13.2 Å². The van der Waals surface area contributed by atoms with Crippen molar-refractivity contribution in [1.82, 2.24) is 4.98 Å². The summed E-state index contributed by atoms with van der Waals surface area (Å²) in [6, 6.07) is 11.7. The highest BCUT2D eigenvalue weighted by Gasteiger charge is 2.16. The van der Waals surface area contributed by atoms with Gasteiger partial charge in [0.05, 0.1) is 21.9 Å². The lowest BCUT2D eigenvalue weighted by molar-refractivity contribution is -0.114. The molecule has 0 fully saturated rings. The lowest BCUT2D eigenvalue weighted by Gasteiger charge is -2.06. The van der Waals surface area contributed by atoms with Crippen LogP contribution in [0.15, 0.2) is 51.8 Å². The number of carbonyl (C=O) groups is 1. The van der Waals surface area contributed by atoms with Gasteiger partial charge in [-0.2, -0.15) is 0 Å². The average molecular weight is 344 g/mol. The van der Waals surface area contributed by atoms with E-state index in [1.807, 2.05) is 6.07 Å². The first-order valence-corrected chi connectivity index (χ1v) is 9.06. The molecular weight excluding hydrogens is 328 g/mol. The molecule has 0 aliphatic carbocycles. The van der Waals surface area contributed by atoms with Crippen LogP contribution in [0.1, 0.15) is 13.8 Å². The number of hydrogen-bond donors (Lipinski definition) is 1. The van der Waals surface area contributed by atoms with E-state index in [0.717, 1.165) is 0 Å². The van der Waals surface area contributed by atoms with Crippen LogP contribution in [0.25, 0.3) is 22.6 Å². The number of para-hydroxylation sites is 1. The SMILES string of the molecule is CCS(=O)(=O)c1ccc2oc(-c3ccccc3NC(C)=O)nc2c1. The molecule has 1 amide bonds. The molecule has 0 aliphatic rings. The monoisotopic (exact) mass is 344 g/mol. The van der Waals surface area contributed by atoms with Crippen LogP contribution in [0.2, 0.25) is 0 Å². The van der Waals surface area contributed by atoms with Gasteiger partial charge in [-0.05, 0) is 30.3 Å². The number of hydrogen-bond acceptors (Lipinski definition) is 5. The molecule has 0 bridgehead atoms. The predicted octanol–water partition coefficient (Wildman–Crippen LogP) is 3.25. The van der Waals surface area contributed by atoms with E-state index in [4.69, 9.17) is 4.42 Å². The molecule has 124 valence electrons. The summed E-state index contributed by atoms with van der Waals surface area (Å²) in [5.74, 6) is 0.143. The fraction of sp³-hybridized carbons (Fsp3) is 0.176. The van der Waals surface area contributed by atoms with Crippen molar-refractivity contribution in [3.63, 3.8) is 0 Å². The highest BCUT2D eigenvalue weighted by molar-refractivity contribution is 7.91. The van der Waals surface area contributed by atoms with Crippen molar-refractivity contribution < 1.29 is 17.6 Å². The van der Waals surface area contributed by atoms with Gasteiger partial charge in [-0.1, -0.05) is 19.1 Å². The number of amides is 1. The first kappa shape index (κ1) is 16.2. The molecule has 1 heterocycles. The Morgan fingerprint density at radius 3 is 2.67 bits per heavy atom. The van der Waals surface area contributed by atoms with E-state index in [0.29, 0.717) is 28.2 Å². The minimum Gasteiger partial charge on any atom is -0.436 e. The molecule has 1 aromatic heterocycles. The van der Waals surface area contributed by atoms with Crippen molar-refractivity contribution in [2.24, 2.45) is 0 Å². The Hall–Kier alpha value is -2.67. The van der Waals surface area contributed by atoms with Gasteiger partial charge >= 0.3 is 0 Å². The second-order valence-electron chi connectivity index (χ2n) is 5.28. The highest BCUT2D eigenvalue weighted by Crippen LogP contribution is 2.31. The van der Waals surface area contributed by atoms with E-state index < -0.39 is 9.84 Å². The Labute approximate surface area is 139 Å². The van der Waals surface area contributed by atoms with E-state index in [2.05, 4.69) is 10.3 Å². The van der Waals surface area contributed by atoms with E-state index in [1.165, 1.54) is 19.1 Å². The van der Waals surface area contributed by atoms with E-state index in [-0.39, 0.29) is 16.6 Å². The quantitative estimate of drug-likeness (QED) is 0.785.